The Hall–Kier alpha value is -2.30. The SMILES string of the molecule is N#CC(C#N)=Cc1c(-c2c(-c3cc4sccc4s3)sc3ccsc23)sc2ccsc12. The van der Waals surface area contributed by atoms with Gasteiger partial charge in [-0.05, 0) is 46.5 Å². The predicted octanol–water partition coefficient (Wildman–Crippen LogP) is 9.28. The largest absolute Gasteiger partial charge is 0.192 e. The van der Waals surface area contributed by atoms with E-state index in [0.717, 1.165) is 15.1 Å². The minimum absolute atomic E-state index is 0.139. The number of rotatable bonds is 3. The van der Waals surface area contributed by atoms with Crippen molar-refractivity contribution in [2.24, 2.45) is 0 Å². The first-order valence-electron chi connectivity index (χ1n) is 8.76. The molecule has 6 rings (SSSR count). The molecule has 0 amide bonds. The zero-order chi connectivity index (χ0) is 20.2. The van der Waals surface area contributed by atoms with Gasteiger partial charge in [0.1, 0.15) is 17.7 Å². The zero-order valence-corrected chi connectivity index (χ0v) is 19.9. The molecule has 0 aliphatic heterocycles. The standard InChI is InChI=1S/C22H8N2S6/c23-9-11(10-24)7-12-19-14(2-5-26-19)29-20(12)18-21-15(3-6-27-21)30-22(18)17-8-16-13(28-17)1-4-25-16/h1-8H. The second kappa shape index (κ2) is 7.14. The van der Waals surface area contributed by atoms with Gasteiger partial charge in [-0.25, -0.2) is 0 Å². The van der Waals surface area contributed by atoms with E-state index < -0.39 is 0 Å². The fourth-order valence-corrected chi connectivity index (χ4v) is 10.6. The summed E-state index contributed by atoms with van der Waals surface area (Å²) in [5, 5.41) is 25.1. The maximum atomic E-state index is 9.37. The highest BCUT2D eigenvalue weighted by Gasteiger charge is 2.24. The number of hydrogen-bond acceptors (Lipinski definition) is 8. The first kappa shape index (κ1) is 18.5. The van der Waals surface area contributed by atoms with Gasteiger partial charge in [-0.1, -0.05) is 0 Å². The van der Waals surface area contributed by atoms with E-state index in [0.29, 0.717) is 0 Å². The Morgan fingerprint density at radius 3 is 2.17 bits per heavy atom. The number of thiophene rings is 6. The normalized spacial score (nSPS) is 11.3. The molecule has 0 radical (unpaired) electrons. The number of hydrogen-bond donors (Lipinski definition) is 0. The van der Waals surface area contributed by atoms with Crippen molar-refractivity contribution in [3.8, 4) is 32.3 Å². The Bertz CT molecular complexity index is 1630. The second-order valence-electron chi connectivity index (χ2n) is 6.42. The van der Waals surface area contributed by atoms with Crippen LogP contribution in [0.15, 0.2) is 46.0 Å². The molecule has 6 aromatic rings. The highest BCUT2D eigenvalue weighted by Crippen LogP contribution is 2.54. The molecule has 0 bridgehead atoms. The molecule has 30 heavy (non-hydrogen) atoms. The van der Waals surface area contributed by atoms with E-state index in [1.54, 1.807) is 51.4 Å². The summed E-state index contributed by atoms with van der Waals surface area (Å²) in [6, 6.07) is 12.9. The van der Waals surface area contributed by atoms with E-state index >= 15 is 0 Å². The van der Waals surface area contributed by atoms with Crippen molar-refractivity contribution >= 4 is 102 Å². The Kier molecular flexibility index (Phi) is 4.39. The number of nitriles is 2. The molecule has 6 heterocycles. The molecular formula is C22H8N2S6. The molecule has 0 aromatic carbocycles. The molecule has 0 spiro atoms. The van der Waals surface area contributed by atoms with Crippen LogP contribution in [-0.2, 0) is 0 Å². The lowest BCUT2D eigenvalue weighted by atomic mass is 10.1. The van der Waals surface area contributed by atoms with E-state index in [4.69, 9.17) is 0 Å². The highest BCUT2D eigenvalue weighted by atomic mass is 32.1. The summed E-state index contributed by atoms with van der Waals surface area (Å²) in [4.78, 5) is 3.72. The smallest absolute Gasteiger partial charge is 0.130 e. The van der Waals surface area contributed by atoms with Crippen LogP contribution in [0.25, 0.3) is 54.5 Å². The fourth-order valence-electron chi connectivity index (χ4n) is 3.47. The summed E-state index contributed by atoms with van der Waals surface area (Å²) in [6.07, 6.45) is 1.76. The fraction of sp³-hybridized carbons (Fsp3) is 0. The molecule has 0 aliphatic rings. The van der Waals surface area contributed by atoms with E-state index in [2.05, 4.69) is 40.4 Å². The van der Waals surface area contributed by atoms with Crippen LogP contribution in [0.3, 0.4) is 0 Å². The van der Waals surface area contributed by atoms with Gasteiger partial charge in [0.15, 0.2) is 0 Å². The minimum atomic E-state index is 0.139. The first-order valence-corrected chi connectivity index (χ1v) is 13.9. The topological polar surface area (TPSA) is 47.6 Å². The summed E-state index contributed by atoms with van der Waals surface area (Å²) in [6.45, 7) is 0. The van der Waals surface area contributed by atoms with Gasteiger partial charge in [0, 0.05) is 39.7 Å². The first-order chi connectivity index (χ1) is 14.8. The molecule has 8 heteroatoms. The van der Waals surface area contributed by atoms with Crippen LogP contribution in [0, 0.1) is 22.7 Å². The van der Waals surface area contributed by atoms with Crippen molar-refractivity contribution in [2.45, 2.75) is 0 Å². The van der Waals surface area contributed by atoms with Crippen LogP contribution in [0.2, 0.25) is 0 Å². The highest BCUT2D eigenvalue weighted by molar-refractivity contribution is 7.35. The molecule has 0 unspecified atom stereocenters. The van der Waals surface area contributed by atoms with Gasteiger partial charge in [-0.3, -0.25) is 0 Å². The molecular weight excluding hydrogens is 485 g/mol. The van der Waals surface area contributed by atoms with E-state index in [-0.39, 0.29) is 5.57 Å². The van der Waals surface area contributed by atoms with Crippen molar-refractivity contribution in [3.05, 3.63) is 51.5 Å². The van der Waals surface area contributed by atoms with Crippen molar-refractivity contribution in [2.75, 3.05) is 0 Å². The average Bonchev–Trinajstić information content (AvgIpc) is 3.53. The lowest BCUT2D eigenvalue weighted by molar-refractivity contribution is 1.47. The Labute approximate surface area is 195 Å². The summed E-state index contributed by atoms with van der Waals surface area (Å²) < 4.78 is 7.56. The quantitative estimate of drug-likeness (QED) is 0.231. The van der Waals surface area contributed by atoms with E-state index in [1.807, 2.05) is 34.8 Å². The Morgan fingerprint density at radius 1 is 0.733 bits per heavy atom. The molecule has 0 saturated heterocycles. The van der Waals surface area contributed by atoms with Crippen molar-refractivity contribution in [1.29, 1.82) is 10.5 Å². The molecule has 0 aliphatic carbocycles. The molecule has 6 aromatic heterocycles. The molecule has 142 valence electrons. The maximum Gasteiger partial charge on any atom is 0.130 e. The van der Waals surface area contributed by atoms with Gasteiger partial charge >= 0.3 is 0 Å². The lowest BCUT2D eigenvalue weighted by Crippen LogP contribution is -1.79. The van der Waals surface area contributed by atoms with Crippen LogP contribution in [0.4, 0.5) is 0 Å². The van der Waals surface area contributed by atoms with Gasteiger partial charge in [0.05, 0.1) is 14.3 Å². The maximum absolute atomic E-state index is 9.37. The second-order valence-corrected chi connectivity index (χ2v) is 12.4. The molecule has 0 saturated carbocycles. The van der Waals surface area contributed by atoms with E-state index in [9.17, 15) is 10.5 Å². The monoisotopic (exact) mass is 492 g/mol. The number of allylic oxidation sites excluding steroid dienone is 1. The van der Waals surface area contributed by atoms with Crippen LogP contribution in [0.5, 0.6) is 0 Å². The third kappa shape index (κ3) is 2.74. The Morgan fingerprint density at radius 2 is 1.40 bits per heavy atom. The summed E-state index contributed by atoms with van der Waals surface area (Å²) in [5.41, 5.74) is 2.38. The van der Waals surface area contributed by atoms with Gasteiger partial charge in [-0.15, -0.1) is 68.0 Å². The molecule has 0 fully saturated rings. The van der Waals surface area contributed by atoms with Crippen molar-refractivity contribution < 1.29 is 0 Å². The minimum Gasteiger partial charge on any atom is -0.192 e. The van der Waals surface area contributed by atoms with E-state index in [1.165, 1.54) is 38.8 Å². The average molecular weight is 493 g/mol. The summed E-state index contributed by atoms with van der Waals surface area (Å²) in [7, 11) is 0. The number of fused-ring (bicyclic) bond motifs is 3. The predicted molar refractivity (Wildman–Crippen MR) is 136 cm³/mol. The van der Waals surface area contributed by atoms with Gasteiger partial charge in [0.2, 0.25) is 0 Å². The van der Waals surface area contributed by atoms with Crippen LogP contribution < -0.4 is 0 Å². The van der Waals surface area contributed by atoms with Gasteiger partial charge in [-0.2, -0.15) is 10.5 Å². The zero-order valence-electron chi connectivity index (χ0n) is 15.0. The molecule has 0 N–H and O–H groups in total. The third-order valence-corrected chi connectivity index (χ3v) is 11.5. The number of nitrogens with zero attached hydrogens (tertiary/aromatic N) is 2. The third-order valence-electron chi connectivity index (χ3n) is 4.75. The van der Waals surface area contributed by atoms with Crippen molar-refractivity contribution in [3.63, 3.8) is 0 Å². The van der Waals surface area contributed by atoms with Gasteiger partial charge in [0.25, 0.3) is 0 Å². The lowest BCUT2D eigenvalue weighted by Gasteiger charge is -2.03. The molecule has 2 nitrogen and oxygen atoms in total. The van der Waals surface area contributed by atoms with Crippen LogP contribution >= 0.6 is 68.0 Å². The molecule has 0 atom stereocenters. The van der Waals surface area contributed by atoms with Gasteiger partial charge < -0.3 is 0 Å². The van der Waals surface area contributed by atoms with Crippen molar-refractivity contribution in [1.82, 2.24) is 0 Å². The summed E-state index contributed by atoms with van der Waals surface area (Å²) in [5.74, 6) is 0. The Balaban J connectivity index is 1.69. The summed E-state index contributed by atoms with van der Waals surface area (Å²) >= 11 is 10.6. The van der Waals surface area contributed by atoms with Crippen LogP contribution in [-0.4, -0.2) is 0 Å². The van der Waals surface area contributed by atoms with Crippen LogP contribution in [0.1, 0.15) is 5.56 Å².